The SMILES string of the molecule is CC.CC1CSC2=[N+]1CCc1ccccc12. The fraction of sp³-hybridized carbons (Fsp3) is 0.500. The first-order valence-electron chi connectivity index (χ1n) is 6.21. The molecule has 0 N–H and O–H groups in total. The Morgan fingerprint density at radius 2 is 2.00 bits per heavy atom. The van der Waals surface area contributed by atoms with E-state index >= 15 is 0 Å². The highest BCUT2D eigenvalue weighted by Gasteiger charge is 2.35. The predicted octanol–water partition coefficient (Wildman–Crippen LogP) is 3.16. The maximum Gasteiger partial charge on any atom is 0.242 e. The zero-order valence-electron chi connectivity index (χ0n) is 10.4. The summed E-state index contributed by atoms with van der Waals surface area (Å²) in [6, 6.07) is 9.56. The first-order valence-corrected chi connectivity index (χ1v) is 7.19. The van der Waals surface area contributed by atoms with E-state index in [1.54, 1.807) is 0 Å². The Morgan fingerprint density at radius 1 is 1.25 bits per heavy atom. The molecule has 0 aliphatic carbocycles. The van der Waals surface area contributed by atoms with Crippen molar-refractivity contribution in [3.8, 4) is 0 Å². The second-order valence-electron chi connectivity index (χ2n) is 4.07. The van der Waals surface area contributed by atoms with Gasteiger partial charge in [0.25, 0.3) is 0 Å². The fourth-order valence-electron chi connectivity index (χ4n) is 2.31. The van der Waals surface area contributed by atoms with Gasteiger partial charge in [0.15, 0.2) is 6.04 Å². The molecule has 1 atom stereocenters. The third-order valence-corrected chi connectivity index (χ3v) is 4.50. The maximum absolute atomic E-state index is 2.56. The first kappa shape index (κ1) is 11.7. The molecule has 0 saturated heterocycles. The smallest absolute Gasteiger partial charge is 0.220 e. The second-order valence-corrected chi connectivity index (χ2v) is 5.07. The van der Waals surface area contributed by atoms with Crippen LogP contribution in [0.15, 0.2) is 24.3 Å². The van der Waals surface area contributed by atoms with Crippen molar-refractivity contribution in [1.82, 2.24) is 0 Å². The summed E-state index contributed by atoms with van der Waals surface area (Å²) in [5, 5.41) is 1.51. The minimum Gasteiger partial charge on any atom is -0.220 e. The van der Waals surface area contributed by atoms with Crippen molar-refractivity contribution in [1.29, 1.82) is 0 Å². The third-order valence-electron chi connectivity index (χ3n) is 3.12. The van der Waals surface area contributed by atoms with Gasteiger partial charge in [0, 0.05) is 6.42 Å². The molecule has 1 nitrogen and oxygen atoms in total. The number of rotatable bonds is 0. The third kappa shape index (κ3) is 1.91. The van der Waals surface area contributed by atoms with E-state index < -0.39 is 0 Å². The van der Waals surface area contributed by atoms with Crippen molar-refractivity contribution in [3.63, 3.8) is 0 Å². The molecule has 2 heterocycles. The molecule has 2 heteroatoms. The van der Waals surface area contributed by atoms with E-state index in [1.807, 2.05) is 25.6 Å². The van der Waals surface area contributed by atoms with Crippen LogP contribution in [0.5, 0.6) is 0 Å². The van der Waals surface area contributed by atoms with Gasteiger partial charge in [0.2, 0.25) is 5.04 Å². The standard InChI is InChI=1S/C12H14NS.C2H6/c1-9-8-14-12-11-5-3-2-4-10(11)6-7-13(9)12;1-2/h2-5,9H,6-8H2,1H3;1-2H3/q+1;. The van der Waals surface area contributed by atoms with Gasteiger partial charge in [-0.25, -0.2) is 4.58 Å². The highest BCUT2D eigenvalue weighted by atomic mass is 32.2. The van der Waals surface area contributed by atoms with Crippen LogP contribution in [0, 0.1) is 0 Å². The largest absolute Gasteiger partial charge is 0.242 e. The zero-order chi connectivity index (χ0) is 11.5. The van der Waals surface area contributed by atoms with Gasteiger partial charge < -0.3 is 0 Å². The lowest BCUT2D eigenvalue weighted by Gasteiger charge is -2.14. The molecule has 0 spiro atoms. The summed E-state index contributed by atoms with van der Waals surface area (Å²) in [6.45, 7) is 7.54. The Kier molecular flexibility index (Phi) is 3.70. The summed E-state index contributed by atoms with van der Waals surface area (Å²) in [6.07, 6.45) is 1.21. The lowest BCUT2D eigenvalue weighted by atomic mass is 10.0. The molecule has 2 aliphatic rings. The topological polar surface area (TPSA) is 3.01 Å². The van der Waals surface area contributed by atoms with Gasteiger partial charge in [-0.3, -0.25) is 0 Å². The van der Waals surface area contributed by atoms with Crippen molar-refractivity contribution in [2.75, 3.05) is 12.3 Å². The van der Waals surface area contributed by atoms with Gasteiger partial charge in [-0.2, -0.15) is 0 Å². The number of hydrogen-bond acceptors (Lipinski definition) is 1. The van der Waals surface area contributed by atoms with Gasteiger partial charge in [0.05, 0.1) is 11.3 Å². The van der Waals surface area contributed by atoms with Crippen molar-refractivity contribution in [2.24, 2.45) is 0 Å². The van der Waals surface area contributed by atoms with Crippen LogP contribution in [0.3, 0.4) is 0 Å². The molecule has 1 aromatic rings. The van der Waals surface area contributed by atoms with Crippen molar-refractivity contribution in [3.05, 3.63) is 35.4 Å². The quantitative estimate of drug-likeness (QED) is 0.623. The van der Waals surface area contributed by atoms with E-state index in [9.17, 15) is 0 Å². The normalized spacial score (nSPS) is 22.1. The molecule has 1 aromatic carbocycles. The van der Waals surface area contributed by atoms with Gasteiger partial charge >= 0.3 is 0 Å². The monoisotopic (exact) mass is 234 g/mol. The Hall–Kier alpha value is -0.760. The molecule has 0 bridgehead atoms. The van der Waals surface area contributed by atoms with E-state index in [0.29, 0.717) is 0 Å². The highest BCUT2D eigenvalue weighted by Crippen LogP contribution is 2.28. The van der Waals surface area contributed by atoms with Crippen LogP contribution < -0.4 is 0 Å². The molecule has 0 aromatic heterocycles. The van der Waals surface area contributed by atoms with Crippen molar-refractivity contribution in [2.45, 2.75) is 33.2 Å². The van der Waals surface area contributed by atoms with Crippen LogP contribution >= 0.6 is 11.8 Å². The fourth-order valence-corrected chi connectivity index (χ4v) is 3.69. The minimum atomic E-state index is 0.725. The van der Waals surface area contributed by atoms with Crippen LogP contribution in [-0.2, 0) is 6.42 Å². The minimum absolute atomic E-state index is 0.725. The molecule has 16 heavy (non-hydrogen) atoms. The van der Waals surface area contributed by atoms with Crippen LogP contribution in [-0.4, -0.2) is 28.0 Å². The number of fused-ring (bicyclic) bond motifs is 2. The van der Waals surface area contributed by atoms with E-state index in [-0.39, 0.29) is 0 Å². The van der Waals surface area contributed by atoms with Crippen molar-refractivity contribution >= 4 is 16.8 Å². The predicted molar refractivity (Wildman–Crippen MR) is 72.7 cm³/mol. The molecule has 86 valence electrons. The number of benzene rings is 1. The van der Waals surface area contributed by atoms with Crippen LogP contribution in [0.4, 0.5) is 0 Å². The lowest BCUT2D eigenvalue weighted by Crippen LogP contribution is -2.29. The van der Waals surface area contributed by atoms with Crippen LogP contribution in [0.2, 0.25) is 0 Å². The maximum atomic E-state index is 2.56. The summed E-state index contributed by atoms with van der Waals surface area (Å²) in [5.41, 5.74) is 3.01. The second kappa shape index (κ2) is 5.05. The average molecular weight is 234 g/mol. The van der Waals surface area contributed by atoms with Gasteiger partial charge in [-0.1, -0.05) is 43.8 Å². The molecule has 0 amide bonds. The highest BCUT2D eigenvalue weighted by molar-refractivity contribution is 8.14. The number of hydrogen-bond donors (Lipinski definition) is 0. The summed E-state index contributed by atoms with van der Waals surface area (Å²) >= 11 is 2.02. The Balaban J connectivity index is 0.000000457. The molecular formula is C14H20NS+. The lowest BCUT2D eigenvalue weighted by molar-refractivity contribution is -0.552. The first-order chi connectivity index (χ1) is 7.86. The van der Waals surface area contributed by atoms with E-state index in [0.717, 1.165) is 6.04 Å². The summed E-state index contributed by atoms with van der Waals surface area (Å²) < 4.78 is 2.56. The summed E-state index contributed by atoms with van der Waals surface area (Å²) in [7, 11) is 0. The Bertz CT molecular complexity index is 409. The molecule has 3 rings (SSSR count). The molecule has 0 saturated carbocycles. The van der Waals surface area contributed by atoms with E-state index in [2.05, 4.69) is 35.8 Å². The van der Waals surface area contributed by atoms with Gasteiger partial charge in [0.1, 0.15) is 6.54 Å². The molecule has 1 unspecified atom stereocenters. The summed E-state index contributed by atoms with van der Waals surface area (Å²) in [4.78, 5) is 0. The molecule has 0 radical (unpaired) electrons. The molecule has 0 fully saturated rings. The molecule has 2 aliphatic heterocycles. The van der Waals surface area contributed by atoms with Gasteiger partial charge in [-0.15, -0.1) is 0 Å². The Morgan fingerprint density at radius 3 is 2.81 bits per heavy atom. The van der Waals surface area contributed by atoms with Crippen LogP contribution in [0.1, 0.15) is 31.9 Å². The molecular weight excluding hydrogens is 214 g/mol. The van der Waals surface area contributed by atoms with E-state index in [1.165, 1.54) is 34.9 Å². The summed E-state index contributed by atoms with van der Waals surface area (Å²) in [5.74, 6) is 1.25. The number of nitrogens with zero attached hydrogens (tertiary/aromatic N) is 1. The zero-order valence-corrected chi connectivity index (χ0v) is 11.2. The average Bonchev–Trinajstić information content (AvgIpc) is 2.74. The van der Waals surface area contributed by atoms with Crippen LogP contribution in [0.25, 0.3) is 0 Å². The van der Waals surface area contributed by atoms with Gasteiger partial charge in [-0.05, 0) is 18.6 Å². The van der Waals surface area contributed by atoms with Crippen molar-refractivity contribution < 1.29 is 4.58 Å². The Labute approximate surface area is 103 Å². The van der Waals surface area contributed by atoms with E-state index in [4.69, 9.17) is 0 Å². The number of thioether (sulfide) groups is 1.